The smallest absolute Gasteiger partial charge is 0.188 e. The first-order valence-electron chi connectivity index (χ1n) is 12.9. The SMILES string of the molecule is C=CC(C)(CCC=C(C)CCC=C(C)C)O[C@@H]1O[C@H](CO)[C@@H](O)[C@H](O)[C@H]1O[C@@H]1O[C@@H](C)[C@H](O)[C@@H](O)[C@H]1O. The van der Waals surface area contributed by atoms with Crippen LogP contribution < -0.4 is 0 Å². The van der Waals surface area contributed by atoms with Gasteiger partial charge in [-0.25, -0.2) is 0 Å². The highest BCUT2D eigenvalue weighted by Gasteiger charge is 2.51. The monoisotopic (exact) mass is 530 g/mol. The summed E-state index contributed by atoms with van der Waals surface area (Å²) in [5.41, 5.74) is 1.60. The minimum absolute atomic E-state index is 0.524. The van der Waals surface area contributed by atoms with Crippen molar-refractivity contribution in [2.45, 2.75) is 127 Å². The highest BCUT2D eigenvalue weighted by molar-refractivity contribution is 5.04. The number of aliphatic hydroxyl groups excluding tert-OH is 6. The van der Waals surface area contributed by atoms with Gasteiger partial charge in [0.1, 0.15) is 42.7 Å². The molecule has 2 rings (SSSR count). The molecule has 0 amide bonds. The maximum absolute atomic E-state index is 10.8. The van der Waals surface area contributed by atoms with Gasteiger partial charge in [0.05, 0.1) is 18.3 Å². The Labute approximate surface area is 219 Å². The zero-order valence-corrected chi connectivity index (χ0v) is 22.6. The Morgan fingerprint density at radius 2 is 1.57 bits per heavy atom. The van der Waals surface area contributed by atoms with Gasteiger partial charge in [-0.15, -0.1) is 6.58 Å². The zero-order valence-electron chi connectivity index (χ0n) is 22.6. The molecule has 37 heavy (non-hydrogen) atoms. The Balaban J connectivity index is 2.15. The molecule has 0 saturated carbocycles. The van der Waals surface area contributed by atoms with Gasteiger partial charge >= 0.3 is 0 Å². The van der Waals surface area contributed by atoms with Crippen molar-refractivity contribution in [3.63, 3.8) is 0 Å². The minimum atomic E-state index is -1.63. The van der Waals surface area contributed by atoms with E-state index in [9.17, 15) is 30.6 Å². The molecule has 0 aromatic heterocycles. The molecule has 2 fully saturated rings. The van der Waals surface area contributed by atoms with E-state index in [1.165, 1.54) is 18.1 Å². The lowest BCUT2D eigenvalue weighted by molar-refractivity contribution is -0.373. The predicted molar refractivity (Wildman–Crippen MR) is 136 cm³/mol. The molecule has 214 valence electrons. The summed E-state index contributed by atoms with van der Waals surface area (Å²) in [7, 11) is 0. The molecule has 0 radical (unpaired) electrons. The fourth-order valence-corrected chi connectivity index (χ4v) is 4.35. The van der Waals surface area contributed by atoms with Crippen molar-refractivity contribution in [1.29, 1.82) is 0 Å². The second-order valence-electron chi connectivity index (χ2n) is 10.5. The van der Waals surface area contributed by atoms with Crippen LogP contribution in [0.1, 0.15) is 60.3 Å². The minimum Gasteiger partial charge on any atom is -0.394 e. The molecule has 0 spiro atoms. The first-order chi connectivity index (χ1) is 17.3. The topological polar surface area (TPSA) is 158 Å². The van der Waals surface area contributed by atoms with Crippen LogP contribution in [-0.4, -0.2) is 104 Å². The lowest BCUT2D eigenvalue weighted by atomic mass is 9.95. The van der Waals surface area contributed by atoms with Crippen LogP contribution in [0.25, 0.3) is 0 Å². The molecule has 1 unspecified atom stereocenters. The number of ether oxygens (including phenoxy) is 4. The zero-order chi connectivity index (χ0) is 27.9. The normalized spacial score (nSPS) is 38.6. The Hall–Kier alpha value is -1.18. The number of rotatable bonds is 12. The van der Waals surface area contributed by atoms with Gasteiger partial charge in [-0.2, -0.15) is 0 Å². The van der Waals surface area contributed by atoms with Crippen molar-refractivity contribution >= 4 is 0 Å². The molecule has 2 saturated heterocycles. The summed E-state index contributed by atoms with van der Waals surface area (Å²) < 4.78 is 23.2. The molecule has 10 heteroatoms. The lowest BCUT2D eigenvalue weighted by Crippen LogP contribution is -2.64. The fourth-order valence-electron chi connectivity index (χ4n) is 4.35. The van der Waals surface area contributed by atoms with E-state index in [-0.39, 0.29) is 0 Å². The highest BCUT2D eigenvalue weighted by atomic mass is 16.8. The Bertz CT molecular complexity index is 781. The van der Waals surface area contributed by atoms with E-state index < -0.39 is 73.6 Å². The van der Waals surface area contributed by atoms with Gasteiger partial charge in [-0.3, -0.25) is 0 Å². The molecule has 2 aliphatic rings. The molecule has 10 nitrogen and oxygen atoms in total. The standard InChI is InChI=1S/C27H46O10/c1-7-27(6,13-9-12-16(4)11-8-10-15(2)3)37-26-24(22(32)20(30)18(14-28)35-26)36-25-23(33)21(31)19(29)17(5)34-25/h7,10,12,17-26,28-33H,1,8-9,11,13-14H2,2-6H3/t17-,18+,19-,20+,21+,22-,23+,24+,25-,26-,27?/m0/s1. The van der Waals surface area contributed by atoms with Crippen LogP contribution in [0.3, 0.4) is 0 Å². The summed E-state index contributed by atoms with van der Waals surface area (Å²) in [6.07, 6.45) is -4.62. The van der Waals surface area contributed by atoms with Crippen molar-refractivity contribution in [3.8, 4) is 0 Å². The summed E-state index contributed by atoms with van der Waals surface area (Å²) in [5, 5.41) is 61.4. The maximum Gasteiger partial charge on any atom is 0.188 e. The summed E-state index contributed by atoms with van der Waals surface area (Å²) in [6, 6.07) is 0. The second kappa shape index (κ2) is 14.3. The third kappa shape index (κ3) is 8.66. The largest absolute Gasteiger partial charge is 0.394 e. The molecule has 2 heterocycles. The third-order valence-electron chi connectivity index (χ3n) is 6.97. The molecule has 11 atom stereocenters. The number of hydrogen-bond acceptors (Lipinski definition) is 10. The van der Waals surface area contributed by atoms with Crippen LogP contribution in [0.2, 0.25) is 0 Å². The van der Waals surface area contributed by atoms with Crippen LogP contribution in [0.5, 0.6) is 0 Å². The van der Waals surface area contributed by atoms with Gasteiger partial charge < -0.3 is 49.6 Å². The summed E-state index contributed by atoms with van der Waals surface area (Å²) >= 11 is 0. The molecule has 0 aromatic rings. The molecule has 0 aliphatic carbocycles. The first kappa shape index (κ1) is 32.0. The van der Waals surface area contributed by atoms with E-state index in [1.54, 1.807) is 13.0 Å². The first-order valence-corrected chi connectivity index (χ1v) is 12.9. The molecule has 2 aliphatic heterocycles. The van der Waals surface area contributed by atoms with Crippen molar-refractivity contribution in [1.82, 2.24) is 0 Å². The van der Waals surface area contributed by atoms with E-state index in [0.29, 0.717) is 12.8 Å². The number of allylic oxidation sites excluding steroid dienone is 4. The molecular formula is C27H46O10. The Kier molecular flexibility index (Phi) is 12.4. The van der Waals surface area contributed by atoms with E-state index in [4.69, 9.17) is 18.9 Å². The van der Waals surface area contributed by atoms with Gasteiger partial charge in [-0.05, 0) is 60.3 Å². The van der Waals surface area contributed by atoms with Crippen LogP contribution in [0.4, 0.5) is 0 Å². The molecular weight excluding hydrogens is 484 g/mol. The average molecular weight is 531 g/mol. The molecule has 0 aromatic carbocycles. The quantitative estimate of drug-likeness (QED) is 0.202. The second-order valence-corrected chi connectivity index (χ2v) is 10.5. The van der Waals surface area contributed by atoms with E-state index >= 15 is 0 Å². The van der Waals surface area contributed by atoms with Gasteiger partial charge in [0.25, 0.3) is 0 Å². The van der Waals surface area contributed by atoms with E-state index in [1.807, 2.05) is 0 Å². The lowest BCUT2D eigenvalue weighted by Gasteiger charge is -2.47. The van der Waals surface area contributed by atoms with Crippen molar-refractivity contribution in [2.24, 2.45) is 0 Å². The van der Waals surface area contributed by atoms with Crippen LogP contribution in [0.15, 0.2) is 36.0 Å². The van der Waals surface area contributed by atoms with Gasteiger partial charge in [0, 0.05) is 0 Å². The number of hydrogen-bond donors (Lipinski definition) is 6. The van der Waals surface area contributed by atoms with E-state index in [0.717, 1.165) is 12.8 Å². The summed E-state index contributed by atoms with van der Waals surface area (Å²) in [6.45, 7) is 12.8. The number of aliphatic hydroxyl groups is 6. The summed E-state index contributed by atoms with van der Waals surface area (Å²) in [5.74, 6) is 0. The summed E-state index contributed by atoms with van der Waals surface area (Å²) in [4.78, 5) is 0. The van der Waals surface area contributed by atoms with Crippen LogP contribution >= 0.6 is 0 Å². The Morgan fingerprint density at radius 3 is 2.16 bits per heavy atom. The van der Waals surface area contributed by atoms with Crippen LogP contribution in [0, 0.1) is 0 Å². The van der Waals surface area contributed by atoms with Crippen molar-refractivity contribution in [3.05, 3.63) is 36.0 Å². The average Bonchev–Trinajstić information content (AvgIpc) is 2.85. The van der Waals surface area contributed by atoms with Crippen LogP contribution in [-0.2, 0) is 18.9 Å². The van der Waals surface area contributed by atoms with Gasteiger partial charge in [0.2, 0.25) is 0 Å². The van der Waals surface area contributed by atoms with Gasteiger partial charge in [0.15, 0.2) is 12.6 Å². The van der Waals surface area contributed by atoms with Gasteiger partial charge in [-0.1, -0.05) is 29.4 Å². The van der Waals surface area contributed by atoms with Crippen molar-refractivity contribution < 1.29 is 49.6 Å². The predicted octanol–water partition coefficient (Wildman–Crippen LogP) is 1.07. The third-order valence-corrected chi connectivity index (χ3v) is 6.97. The Morgan fingerprint density at radius 1 is 0.892 bits per heavy atom. The van der Waals surface area contributed by atoms with Crippen molar-refractivity contribution in [2.75, 3.05) is 6.61 Å². The molecule has 6 N–H and O–H groups in total. The fraction of sp³-hybridized carbons (Fsp3) is 0.778. The maximum atomic E-state index is 10.8. The molecule has 0 bridgehead atoms. The van der Waals surface area contributed by atoms with E-state index in [2.05, 4.69) is 39.5 Å². The highest BCUT2D eigenvalue weighted by Crippen LogP contribution is 2.33.